The molecule has 1 aromatic heterocycles. The second kappa shape index (κ2) is 9.40. The first-order chi connectivity index (χ1) is 13.7. The van der Waals surface area contributed by atoms with Crippen molar-refractivity contribution in [3.05, 3.63) is 47.7 Å². The Morgan fingerprint density at radius 3 is 2.82 bits per heavy atom. The lowest BCUT2D eigenvalue weighted by Crippen LogP contribution is -2.53. The van der Waals surface area contributed by atoms with Crippen molar-refractivity contribution in [3.63, 3.8) is 0 Å². The van der Waals surface area contributed by atoms with Crippen molar-refractivity contribution in [1.82, 2.24) is 9.88 Å². The summed E-state index contributed by atoms with van der Waals surface area (Å²) in [7, 11) is 3.19. The van der Waals surface area contributed by atoms with Crippen LogP contribution in [0.25, 0.3) is 0 Å². The van der Waals surface area contributed by atoms with E-state index in [0.717, 1.165) is 37.6 Å². The van der Waals surface area contributed by atoms with Crippen molar-refractivity contribution in [2.45, 2.75) is 19.0 Å². The normalized spacial score (nSPS) is 17.2. The van der Waals surface area contributed by atoms with Gasteiger partial charge in [0.2, 0.25) is 5.88 Å². The molecule has 0 aliphatic carbocycles. The van der Waals surface area contributed by atoms with Gasteiger partial charge in [0.25, 0.3) is 0 Å². The van der Waals surface area contributed by atoms with Crippen LogP contribution in [0.1, 0.15) is 17.5 Å². The molecule has 1 atom stereocenters. The van der Waals surface area contributed by atoms with Gasteiger partial charge in [-0.1, -0.05) is 12.1 Å². The average Bonchev–Trinajstić information content (AvgIpc) is 2.74. The summed E-state index contributed by atoms with van der Waals surface area (Å²) in [5, 5.41) is 19.1. The SMILES string of the molecule is COc1cccc(CN2CCN(c3ccnc(OC)c3C#N)C[C@@H]2CCO)c1. The number of aromatic nitrogens is 1. The van der Waals surface area contributed by atoms with Crippen molar-refractivity contribution in [3.8, 4) is 17.7 Å². The lowest BCUT2D eigenvalue weighted by molar-refractivity contribution is 0.135. The molecule has 0 unspecified atom stereocenters. The molecule has 0 spiro atoms. The number of pyridine rings is 1. The van der Waals surface area contributed by atoms with Crippen molar-refractivity contribution >= 4 is 5.69 Å². The van der Waals surface area contributed by atoms with Gasteiger partial charge in [-0.25, -0.2) is 4.98 Å². The number of rotatable bonds is 7. The van der Waals surface area contributed by atoms with E-state index in [4.69, 9.17) is 9.47 Å². The molecular formula is C21H26N4O3. The van der Waals surface area contributed by atoms with Gasteiger partial charge in [-0.3, -0.25) is 4.90 Å². The maximum absolute atomic E-state index is 9.58. The maximum atomic E-state index is 9.58. The van der Waals surface area contributed by atoms with Crippen LogP contribution in [0, 0.1) is 11.3 Å². The highest BCUT2D eigenvalue weighted by Crippen LogP contribution is 2.29. The van der Waals surface area contributed by atoms with E-state index in [-0.39, 0.29) is 12.6 Å². The van der Waals surface area contributed by atoms with Crippen LogP contribution >= 0.6 is 0 Å². The molecule has 0 amide bonds. The second-order valence-corrected chi connectivity index (χ2v) is 6.76. The highest BCUT2D eigenvalue weighted by atomic mass is 16.5. The van der Waals surface area contributed by atoms with E-state index < -0.39 is 0 Å². The molecule has 2 heterocycles. The largest absolute Gasteiger partial charge is 0.497 e. The van der Waals surface area contributed by atoms with Crippen molar-refractivity contribution in [2.75, 3.05) is 45.4 Å². The van der Waals surface area contributed by atoms with Gasteiger partial charge in [0.05, 0.1) is 19.9 Å². The Morgan fingerprint density at radius 1 is 1.25 bits per heavy atom. The highest BCUT2D eigenvalue weighted by Gasteiger charge is 2.28. The summed E-state index contributed by atoms with van der Waals surface area (Å²) in [6.07, 6.45) is 2.34. The third kappa shape index (κ3) is 4.35. The molecular weight excluding hydrogens is 356 g/mol. The number of hydrogen-bond acceptors (Lipinski definition) is 7. The maximum Gasteiger partial charge on any atom is 0.233 e. The number of methoxy groups -OCH3 is 2. The molecule has 2 aromatic rings. The lowest BCUT2D eigenvalue weighted by Gasteiger charge is -2.42. The quantitative estimate of drug-likeness (QED) is 0.785. The fourth-order valence-electron chi connectivity index (χ4n) is 3.70. The van der Waals surface area contributed by atoms with Crippen LogP contribution in [-0.2, 0) is 6.54 Å². The average molecular weight is 382 g/mol. The number of piperazine rings is 1. The Labute approximate surface area is 165 Å². The van der Waals surface area contributed by atoms with Crippen LogP contribution in [-0.4, -0.2) is 61.5 Å². The Kier molecular flexibility index (Phi) is 6.69. The van der Waals surface area contributed by atoms with Gasteiger partial charge >= 0.3 is 0 Å². The predicted molar refractivity (Wildman–Crippen MR) is 107 cm³/mol. The zero-order valence-corrected chi connectivity index (χ0v) is 16.3. The van der Waals surface area contributed by atoms with Crippen LogP contribution in [0.15, 0.2) is 36.5 Å². The molecule has 7 nitrogen and oxygen atoms in total. The number of benzene rings is 1. The molecule has 1 N–H and O–H groups in total. The van der Waals surface area contributed by atoms with E-state index in [0.29, 0.717) is 17.9 Å². The lowest BCUT2D eigenvalue weighted by atomic mass is 10.1. The minimum atomic E-state index is 0.123. The summed E-state index contributed by atoms with van der Waals surface area (Å²) in [6, 6.07) is 12.3. The third-order valence-electron chi connectivity index (χ3n) is 5.13. The summed E-state index contributed by atoms with van der Waals surface area (Å²) in [5.41, 5.74) is 2.46. The van der Waals surface area contributed by atoms with Crippen molar-refractivity contribution in [1.29, 1.82) is 5.26 Å². The minimum absolute atomic E-state index is 0.123. The van der Waals surface area contributed by atoms with E-state index in [1.165, 1.54) is 12.7 Å². The molecule has 1 aliphatic heterocycles. The Morgan fingerprint density at radius 2 is 2.11 bits per heavy atom. The molecule has 3 rings (SSSR count). The summed E-state index contributed by atoms with van der Waals surface area (Å²) in [4.78, 5) is 8.70. The monoisotopic (exact) mass is 382 g/mol. The molecule has 1 aromatic carbocycles. The zero-order valence-electron chi connectivity index (χ0n) is 16.3. The van der Waals surface area contributed by atoms with Crippen LogP contribution < -0.4 is 14.4 Å². The molecule has 0 saturated carbocycles. The topological polar surface area (TPSA) is 81.8 Å². The smallest absolute Gasteiger partial charge is 0.233 e. The first-order valence-electron chi connectivity index (χ1n) is 9.36. The zero-order chi connectivity index (χ0) is 19.9. The van der Waals surface area contributed by atoms with Gasteiger partial charge in [0, 0.05) is 45.0 Å². The van der Waals surface area contributed by atoms with Gasteiger partial charge in [0.1, 0.15) is 17.4 Å². The fourth-order valence-corrected chi connectivity index (χ4v) is 3.70. The summed E-state index contributed by atoms with van der Waals surface area (Å²) >= 11 is 0. The molecule has 0 bridgehead atoms. The standard InChI is InChI=1S/C21H26N4O3/c1-27-18-5-3-4-16(12-18)14-24-9-10-25(15-17(24)7-11-26)20-6-8-23-21(28-2)19(20)13-22/h3-6,8,12,17,26H,7,9-11,14-15H2,1-2H3/t17-/m0/s1. The summed E-state index contributed by atoms with van der Waals surface area (Å²) in [5.74, 6) is 1.19. The first kappa shape index (κ1) is 19.9. The number of nitrogens with zero attached hydrogens (tertiary/aromatic N) is 4. The summed E-state index contributed by atoms with van der Waals surface area (Å²) < 4.78 is 10.6. The molecule has 148 valence electrons. The van der Waals surface area contributed by atoms with E-state index in [9.17, 15) is 10.4 Å². The molecule has 1 saturated heterocycles. The van der Waals surface area contributed by atoms with Crippen LogP contribution in [0.4, 0.5) is 5.69 Å². The number of nitriles is 1. The molecule has 1 fully saturated rings. The third-order valence-corrected chi connectivity index (χ3v) is 5.13. The van der Waals surface area contributed by atoms with E-state index in [2.05, 4.69) is 26.9 Å². The first-order valence-corrected chi connectivity index (χ1v) is 9.36. The number of aliphatic hydroxyl groups excluding tert-OH is 1. The number of hydrogen-bond donors (Lipinski definition) is 1. The summed E-state index contributed by atoms with van der Waals surface area (Å²) in [6.45, 7) is 3.26. The Balaban J connectivity index is 1.78. The predicted octanol–water partition coefficient (Wildman–Crippen LogP) is 2.04. The van der Waals surface area contributed by atoms with E-state index >= 15 is 0 Å². The van der Waals surface area contributed by atoms with E-state index in [1.54, 1.807) is 13.3 Å². The molecule has 28 heavy (non-hydrogen) atoms. The van der Waals surface area contributed by atoms with Crippen molar-refractivity contribution < 1.29 is 14.6 Å². The van der Waals surface area contributed by atoms with Gasteiger partial charge in [0.15, 0.2) is 0 Å². The fraction of sp³-hybridized carbons (Fsp3) is 0.429. The Hall–Kier alpha value is -2.82. The molecule has 1 aliphatic rings. The van der Waals surface area contributed by atoms with Gasteiger partial charge in [-0.15, -0.1) is 0 Å². The Bertz CT molecular complexity index is 837. The number of aliphatic hydroxyl groups is 1. The number of anilines is 1. The minimum Gasteiger partial charge on any atom is -0.497 e. The van der Waals surface area contributed by atoms with Crippen LogP contribution in [0.2, 0.25) is 0 Å². The molecule has 7 heteroatoms. The van der Waals surface area contributed by atoms with Crippen molar-refractivity contribution in [2.24, 2.45) is 0 Å². The van der Waals surface area contributed by atoms with Gasteiger partial charge in [-0.05, 0) is 30.2 Å². The van der Waals surface area contributed by atoms with Crippen LogP contribution in [0.5, 0.6) is 11.6 Å². The van der Waals surface area contributed by atoms with Gasteiger partial charge in [-0.2, -0.15) is 5.26 Å². The second-order valence-electron chi connectivity index (χ2n) is 6.76. The van der Waals surface area contributed by atoms with Crippen LogP contribution in [0.3, 0.4) is 0 Å². The molecule has 0 radical (unpaired) electrons. The van der Waals surface area contributed by atoms with Gasteiger partial charge < -0.3 is 19.5 Å². The highest BCUT2D eigenvalue weighted by molar-refractivity contribution is 5.63. The van der Waals surface area contributed by atoms with E-state index in [1.807, 2.05) is 24.3 Å². The number of ether oxygens (including phenoxy) is 2.